The molecule has 0 spiro atoms. The molecular weight excluding hydrogens is 403 g/mol. The Hall–Kier alpha value is -2.23. The molecule has 1 aromatic heterocycles. The zero-order valence-corrected chi connectivity index (χ0v) is 16.6. The maximum Gasteiger partial charge on any atom is 0.270 e. The van der Waals surface area contributed by atoms with Crippen molar-refractivity contribution in [1.82, 2.24) is 5.32 Å². The Morgan fingerprint density at radius 3 is 2.96 bits per heavy atom. The van der Waals surface area contributed by atoms with E-state index < -0.39 is 21.6 Å². The number of ketones is 1. The second-order valence-corrected chi connectivity index (χ2v) is 9.40. The predicted molar refractivity (Wildman–Crippen MR) is 105 cm³/mol. The number of fused-ring (bicyclic) bond motifs is 1. The van der Waals surface area contributed by atoms with Gasteiger partial charge in [0, 0.05) is 19.4 Å². The minimum atomic E-state index is -4.08. The first-order valence-electron chi connectivity index (χ1n) is 8.91. The molecule has 0 amide bonds. The number of allylic oxidation sites excluding steroid dienone is 1. The van der Waals surface area contributed by atoms with Gasteiger partial charge < -0.3 is 10.1 Å². The van der Waals surface area contributed by atoms with Crippen LogP contribution in [0.5, 0.6) is 0 Å². The van der Waals surface area contributed by atoms with Gasteiger partial charge in [0.2, 0.25) is 5.78 Å². The van der Waals surface area contributed by atoms with Crippen molar-refractivity contribution >= 4 is 32.8 Å². The average molecular weight is 423 g/mol. The molecule has 0 radical (unpaired) electrons. The standard InChI is InChI=1S/C19H19FN2O4S2/c20-14-4-1-3-13(9-14)12-22-16-6-8-27-19(16)18(23)17(28(22,24)25)11-21-10-15-5-2-7-26-15/h1,3-4,6,8-9,11,15,21H,2,5,7,10,12H2. The van der Waals surface area contributed by atoms with Crippen LogP contribution in [0.15, 0.2) is 46.8 Å². The third-order valence-corrected chi connectivity index (χ3v) is 7.40. The molecule has 1 fully saturated rings. The molecular formula is C19H19FN2O4S2. The fourth-order valence-corrected chi connectivity index (χ4v) is 5.85. The Morgan fingerprint density at radius 1 is 1.36 bits per heavy atom. The molecule has 1 saturated heterocycles. The molecule has 0 saturated carbocycles. The topological polar surface area (TPSA) is 75.7 Å². The molecule has 9 heteroatoms. The quantitative estimate of drug-likeness (QED) is 0.750. The Labute approximate surface area is 166 Å². The summed E-state index contributed by atoms with van der Waals surface area (Å²) < 4.78 is 46.6. The highest BCUT2D eigenvalue weighted by Crippen LogP contribution is 2.39. The van der Waals surface area contributed by atoms with Gasteiger partial charge in [-0.05, 0) is 42.0 Å². The van der Waals surface area contributed by atoms with Gasteiger partial charge in [-0.15, -0.1) is 11.3 Å². The lowest BCUT2D eigenvalue weighted by atomic mass is 10.2. The van der Waals surface area contributed by atoms with E-state index in [-0.39, 0.29) is 17.6 Å². The van der Waals surface area contributed by atoms with Gasteiger partial charge in [-0.3, -0.25) is 9.10 Å². The smallest absolute Gasteiger partial charge is 0.270 e. The number of thiophene rings is 1. The minimum Gasteiger partial charge on any atom is -0.387 e. The highest BCUT2D eigenvalue weighted by atomic mass is 32.2. The van der Waals surface area contributed by atoms with Crippen molar-refractivity contribution in [3.8, 4) is 0 Å². The summed E-state index contributed by atoms with van der Waals surface area (Å²) in [5, 5.41) is 4.61. The number of carbonyl (C=O) groups excluding carboxylic acids is 1. The molecule has 1 N–H and O–H groups in total. The lowest BCUT2D eigenvalue weighted by Crippen LogP contribution is -2.39. The van der Waals surface area contributed by atoms with E-state index in [0.717, 1.165) is 17.1 Å². The van der Waals surface area contributed by atoms with E-state index in [2.05, 4.69) is 5.32 Å². The van der Waals surface area contributed by atoms with Crippen LogP contribution in [0.25, 0.3) is 0 Å². The summed E-state index contributed by atoms with van der Waals surface area (Å²) in [6, 6.07) is 7.37. The first-order chi connectivity index (χ1) is 13.5. The molecule has 1 atom stereocenters. The Morgan fingerprint density at radius 2 is 2.21 bits per heavy atom. The second kappa shape index (κ2) is 7.65. The number of hydrogen-bond acceptors (Lipinski definition) is 6. The highest BCUT2D eigenvalue weighted by molar-refractivity contribution is 7.97. The Bertz CT molecular complexity index is 1030. The van der Waals surface area contributed by atoms with Gasteiger partial charge in [-0.25, -0.2) is 12.8 Å². The van der Waals surface area contributed by atoms with Crippen molar-refractivity contribution in [2.75, 3.05) is 17.5 Å². The molecule has 4 rings (SSSR count). The second-order valence-electron chi connectivity index (χ2n) is 6.66. The lowest BCUT2D eigenvalue weighted by molar-refractivity contribution is 0.104. The number of benzene rings is 1. The Kier molecular flexibility index (Phi) is 5.22. The van der Waals surface area contributed by atoms with Crippen LogP contribution in [0, 0.1) is 5.82 Å². The molecule has 1 aromatic carbocycles. The molecule has 6 nitrogen and oxygen atoms in total. The van der Waals surface area contributed by atoms with Crippen LogP contribution in [0.4, 0.5) is 10.1 Å². The zero-order chi connectivity index (χ0) is 19.7. The molecule has 2 aromatic rings. The van der Waals surface area contributed by atoms with Gasteiger partial charge >= 0.3 is 0 Å². The van der Waals surface area contributed by atoms with Crippen LogP contribution in [-0.4, -0.2) is 33.5 Å². The Balaban J connectivity index is 1.65. The molecule has 2 aliphatic heterocycles. The fourth-order valence-electron chi connectivity index (χ4n) is 3.35. The van der Waals surface area contributed by atoms with E-state index in [0.29, 0.717) is 29.3 Å². The third kappa shape index (κ3) is 3.57. The fraction of sp³-hybridized carbons (Fsp3) is 0.316. The summed E-state index contributed by atoms with van der Waals surface area (Å²) in [6.07, 6.45) is 3.15. The summed E-state index contributed by atoms with van der Waals surface area (Å²) in [7, 11) is -4.08. The van der Waals surface area contributed by atoms with Crippen LogP contribution in [-0.2, 0) is 21.3 Å². The van der Waals surface area contributed by atoms with Crippen molar-refractivity contribution in [3.63, 3.8) is 0 Å². The molecule has 0 aliphatic carbocycles. The van der Waals surface area contributed by atoms with Gasteiger partial charge in [0.25, 0.3) is 10.0 Å². The maximum absolute atomic E-state index is 13.5. The van der Waals surface area contributed by atoms with Gasteiger partial charge in [0.1, 0.15) is 10.7 Å². The monoisotopic (exact) mass is 422 g/mol. The predicted octanol–water partition coefficient (Wildman–Crippen LogP) is 3.03. The van der Waals surface area contributed by atoms with Crippen LogP contribution in [0.2, 0.25) is 0 Å². The summed E-state index contributed by atoms with van der Waals surface area (Å²) in [4.78, 5) is 12.8. The number of hydrogen-bond donors (Lipinski definition) is 1. The molecule has 3 heterocycles. The number of anilines is 1. The van der Waals surface area contributed by atoms with Crippen molar-refractivity contribution in [3.05, 3.63) is 63.1 Å². The van der Waals surface area contributed by atoms with Crippen LogP contribution >= 0.6 is 11.3 Å². The lowest BCUT2D eigenvalue weighted by Gasteiger charge is -2.29. The summed E-state index contributed by atoms with van der Waals surface area (Å²) >= 11 is 1.19. The SMILES string of the molecule is O=C1C(=CNCC2CCCO2)S(=O)(=O)N(Cc2cccc(F)c2)c2ccsc21. The first-order valence-corrected chi connectivity index (χ1v) is 11.2. The van der Waals surface area contributed by atoms with E-state index in [1.54, 1.807) is 17.5 Å². The number of rotatable bonds is 5. The van der Waals surface area contributed by atoms with Gasteiger partial charge in [0.15, 0.2) is 4.91 Å². The van der Waals surface area contributed by atoms with E-state index in [1.165, 1.54) is 35.7 Å². The number of Topliss-reactive ketones (excluding diaryl/α,β-unsaturated/α-hetero) is 1. The van der Waals surface area contributed by atoms with Gasteiger partial charge in [-0.1, -0.05) is 12.1 Å². The van der Waals surface area contributed by atoms with Gasteiger partial charge in [0.05, 0.1) is 18.3 Å². The van der Waals surface area contributed by atoms with Crippen LogP contribution in [0.3, 0.4) is 0 Å². The van der Waals surface area contributed by atoms with Crippen molar-refractivity contribution in [1.29, 1.82) is 0 Å². The highest BCUT2D eigenvalue weighted by Gasteiger charge is 2.41. The number of sulfonamides is 1. The third-order valence-electron chi connectivity index (χ3n) is 4.73. The summed E-state index contributed by atoms with van der Waals surface area (Å²) in [5.41, 5.74) is 0.831. The van der Waals surface area contributed by atoms with Gasteiger partial charge in [-0.2, -0.15) is 0 Å². The maximum atomic E-state index is 13.5. The van der Waals surface area contributed by atoms with E-state index in [1.807, 2.05) is 0 Å². The number of halogens is 1. The molecule has 0 bridgehead atoms. The number of nitrogens with one attached hydrogen (secondary N) is 1. The molecule has 2 aliphatic rings. The van der Waals surface area contributed by atoms with Crippen molar-refractivity contribution < 1.29 is 22.3 Å². The van der Waals surface area contributed by atoms with Crippen LogP contribution < -0.4 is 9.62 Å². The largest absolute Gasteiger partial charge is 0.387 e. The van der Waals surface area contributed by atoms with E-state index in [4.69, 9.17) is 4.74 Å². The number of carbonyl (C=O) groups is 1. The first kappa shape index (κ1) is 19.1. The molecule has 1 unspecified atom stereocenters. The van der Waals surface area contributed by atoms with Crippen molar-refractivity contribution in [2.24, 2.45) is 0 Å². The molecule has 148 valence electrons. The van der Waals surface area contributed by atoms with Crippen molar-refractivity contribution in [2.45, 2.75) is 25.5 Å². The molecule has 28 heavy (non-hydrogen) atoms. The average Bonchev–Trinajstić information content (AvgIpc) is 3.33. The minimum absolute atomic E-state index is 0.0129. The number of nitrogens with zero attached hydrogens (tertiary/aromatic N) is 1. The van der Waals surface area contributed by atoms with Crippen LogP contribution in [0.1, 0.15) is 28.1 Å². The summed E-state index contributed by atoms with van der Waals surface area (Å²) in [6.45, 7) is 1.08. The zero-order valence-electron chi connectivity index (χ0n) is 14.9. The normalized spacial score (nSPS) is 22.5. The number of ether oxygens (including phenoxy) is 1. The van der Waals surface area contributed by atoms with E-state index >= 15 is 0 Å². The van der Waals surface area contributed by atoms with E-state index in [9.17, 15) is 17.6 Å². The summed E-state index contributed by atoms with van der Waals surface area (Å²) in [5.74, 6) is -0.970.